The second kappa shape index (κ2) is 6.10. The molecule has 0 fully saturated rings. The summed E-state index contributed by atoms with van der Waals surface area (Å²) in [7, 11) is 1.59. The highest BCUT2D eigenvalue weighted by molar-refractivity contribution is 7.15. The monoisotopic (exact) mass is 275 g/mol. The first-order chi connectivity index (χ1) is 9.19. The van der Waals surface area contributed by atoms with Gasteiger partial charge in [0.2, 0.25) is 11.0 Å². The van der Waals surface area contributed by atoms with E-state index in [9.17, 15) is 4.79 Å². The van der Waals surface area contributed by atoms with Crippen molar-refractivity contribution in [2.75, 3.05) is 12.4 Å². The van der Waals surface area contributed by atoms with E-state index in [1.54, 1.807) is 13.2 Å². The largest absolute Gasteiger partial charge is 0.496 e. The Bertz CT molecular complexity index is 607. The van der Waals surface area contributed by atoms with Gasteiger partial charge in [-0.25, -0.2) is 0 Å². The van der Waals surface area contributed by atoms with E-state index in [2.05, 4.69) is 15.5 Å². The summed E-state index contributed by atoms with van der Waals surface area (Å²) < 4.78 is 5.20. The van der Waals surface area contributed by atoms with Gasteiger partial charge in [-0.15, -0.1) is 10.2 Å². The van der Waals surface area contributed by atoms with Crippen LogP contribution in [0.5, 0.6) is 5.75 Å². The van der Waals surface area contributed by atoms with E-state index >= 15 is 0 Å². The van der Waals surface area contributed by atoms with E-state index in [1.807, 2.05) is 31.2 Å². The van der Waals surface area contributed by atoms with E-state index in [-0.39, 0.29) is 5.91 Å². The van der Waals surface area contributed by atoms with Gasteiger partial charge in [0.25, 0.3) is 0 Å². The maximum absolute atomic E-state index is 11.7. The van der Waals surface area contributed by atoms with Crippen molar-refractivity contribution in [1.82, 2.24) is 10.2 Å². The molecule has 0 bridgehead atoms. The molecule has 1 amide bonds. The molecule has 1 aromatic heterocycles. The van der Waals surface area contributed by atoms with Crippen LogP contribution in [-0.4, -0.2) is 23.2 Å². The SMILES string of the molecule is COc1ccccc1/C=C/C(=O)Nc1nnc(C)s1. The molecule has 6 heteroatoms. The average Bonchev–Trinajstić information content (AvgIpc) is 2.82. The number of anilines is 1. The molecule has 5 nitrogen and oxygen atoms in total. The Morgan fingerprint density at radius 3 is 2.84 bits per heavy atom. The number of carbonyl (C=O) groups excluding carboxylic acids is 1. The molecular weight excluding hydrogens is 262 g/mol. The van der Waals surface area contributed by atoms with Crippen molar-refractivity contribution in [2.45, 2.75) is 6.92 Å². The van der Waals surface area contributed by atoms with Crippen molar-refractivity contribution < 1.29 is 9.53 Å². The zero-order valence-electron chi connectivity index (χ0n) is 10.6. The number of hydrogen-bond acceptors (Lipinski definition) is 5. The molecule has 0 radical (unpaired) electrons. The minimum atomic E-state index is -0.248. The van der Waals surface area contributed by atoms with Crippen LogP contribution < -0.4 is 10.1 Å². The Balaban J connectivity index is 2.04. The maximum Gasteiger partial charge on any atom is 0.250 e. The van der Waals surface area contributed by atoms with Crippen LogP contribution in [0.4, 0.5) is 5.13 Å². The smallest absolute Gasteiger partial charge is 0.250 e. The van der Waals surface area contributed by atoms with Crippen molar-refractivity contribution >= 4 is 28.5 Å². The van der Waals surface area contributed by atoms with Gasteiger partial charge >= 0.3 is 0 Å². The predicted molar refractivity (Wildman–Crippen MR) is 75.3 cm³/mol. The fourth-order valence-electron chi connectivity index (χ4n) is 1.46. The van der Waals surface area contributed by atoms with Crippen LogP contribution in [-0.2, 0) is 4.79 Å². The summed E-state index contributed by atoms with van der Waals surface area (Å²) in [5.74, 6) is 0.473. The molecule has 0 aliphatic heterocycles. The van der Waals surface area contributed by atoms with Crippen molar-refractivity contribution in [3.8, 4) is 5.75 Å². The second-order valence-electron chi connectivity index (χ2n) is 3.69. The third-order valence-corrected chi connectivity index (χ3v) is 3.06. The van der Waals surface area contributed by atoms with Gasteiger partial charge in [0.1, 0.15) is 10.8 Å². The lowest BCUT2D eigenvalue weighted by Gasteiger charge is -2.03. The van der Waals surface area contributed by atoms with Gasteiger partial charge in [0.15, 0.2) is 0 Å². The van der Waals surface area contributed by atoms with E-state index in [1.165, 1.54) is 17.4 Å². The number of hydrogen-bond donors (Lipinski definition) is 1. The first-order valence-corrected chi connectivity index (χ1v) is 6.43. The minimum Gasteiger partial charge on any atom is -0.496 e. The van der Waals surface area contributed by atoms with Gasteiger partial charge < -0.3 is 4.74 Å². The lowest BCUT2D eigenvalue weighted by Crippen LogP contribution is -2.07. The molecule has 0 unspecified atom stereocenters. The molecule has 19 heavy (non-hydrogen) atoms. The van der Waals surface area contributed by atoms with Gasteiger partial charge in [-0.2, -0.15) is 0 Å². The summed E-state index contributed by atoms with van der Waals surface area (Å²) in [6.45, 7) is 1.83. The molecule has 1 heterocycles. The first kappa shape index (κ1) is 13.2. The van der Waals surface area contributed by atoms with Crippen molar-refractivity contribution in [2.24, 2.45) is 0 Å². The number of carbonyl (C=O) groups is 1. The Morgan fingerprint density at radius 1 is 1.37 bits per heavy atom. The number of benzene rings is 1. The number of nitrogens with zero attached hydrogens (tertiary/aromatic N) is 2. The van der Waals surface area contributed by atoms with Crippen LogP contribution in [0, 0.1) is 6.92 Å². The number of aryl methyl sites for hydroxylation is 1. The zero-order valence-corrected chi connectivity index (χ0v) is 11.4. The quantitative estimate of drug-likeness (QED) is 0.871. The third-order valence-electron chi connectivity index (χ3n) is 2.31. The van der Waals surface area contributed by atoms with Crippen molar-refractivity contribution in [1.29, 1.82) is 0 Å². The number of nitrogens with one attached hydrogen (secondary N) is 1. The first-order valence-electron chi connectivity index (χ1n) is 5.61. The van der Waals surface area contributed by atoms with Crippen LogP contribution >= 0.6 is 11.3 Å². The highest BCUT2D eigenvalue weighted by Crippen LogP contribution is 2.19. The molecule has 0 spiro atoms. The number of amides is 1. The molecule has 0 aliphatic carbocycles. The summed E-state index contributed by atoms with van der Waals surface area (Å²) in [4.78, 5) is 11.7. The number of rotatable bonds is 4. The standard InChI is InChI=1S/C13H13N3O2S/c1-9-15-16-13(19-9)14-12(17)8-7-10-5-3-4-6-11(10)18-2/h3-8H,1-2H3,(H,14,16,17)/b8-7+. The highest BCUT2D eigenvalue weighted by atomic mass is 32.1. The van der Waals surface area contributed by atoms with E-state index < -0.39 is 0 Å². The summed E-state index contributed by atoms with van der Waals surface area (Å²) in [6, 6.07) is 7.47. The summed E-state index contributed by atoms with van der Waals surface area (Å²) in [5, 5.41) is 11.6. The van der Waals surface area contributed by atoms with E-state index in [0.717, 1.165) is 16.3 Å². The van der Waals surface area contributed by atoms with Gasteiger partial charge in [-0.05, 0) is 19.1 Å². The maximum atomic E-state index is 11.7. The van der Waals surface area contributed by atoms with Crippen molar-refractivity contribution in [3.05, 3.63) is 40.9 Å². The van der Waals surface area contributed by atoms with Crippen molar-refractivity contribution in [3.63, 3.8) is 0 Å². The van der Waals surface area contributed by atoms with Crippen LogP contribution in [0.2, 0.25) is 0 Å². The van der Waals surface area contributed by atoms with Crippen LogP contribution in [0.1, 0.15) is 10.6 Å². The zero-order chi connectivity index (χ0) is 13.7. The lowest BCUT2D eigenvalue weighted by molar-refractivity contribution is -0.111. The molecule has 0 aliphatic rings. The summed E-state index contributed by atoms with van der Waals surface area (Å²) >= 11 is 1.33. The molecule has 1 N–H and O–H groups in total. The molecular formula is C13H13N3O2S. The van der Waals surface area contributed by atoms with E-state index in [4.69, 9.17) is 4.74 Å². The topological polar surface area (TPSA) is 64.1 Å². The Morgan fingerprint density at radius 2 is 2.16 bits per heavy atom. The molecule has 0 saturated heterocycles. The fraction of sp³-hybridized carbons (Fsp3) is 0.154. The second-order valence-corrected chi connectivity index (χ2v) is 4.87. The minimum absolute atomic E-state index is 0.248. The molecule has 98 valence electrons. The normalized spacial score (nSPS) is 10.6. The Labute approximate surface area is 114 Å². The summed E-state index contributed by atoms with van der Waals surface area (Å²) in [5.41, 5.74) is 0.841. The number of aromatic nitrogens is 2. The predicted octanol–water partition coefficient (Wildman–Crippen LogP) is 2.51. The molecule has 2 aromatic rings. The fourth-order valence-corrected chi connectivity index (χ4v) is 2.06. The molecule has 1 aromatic carbocycles. The number of ether oxygens (including phenoxy) is 1. The van der Waals surface area contributed by atoms with Crippen LogP contribution in [0.15, 0.2) is 30.3 Å². The van der Waals surface area contributed by atoms with E-state index in [0.29, 0.717) is 5.13 Å². The summed E-state index contributed by atoms with van der Waals surface area (Å²) in [6.07, 6.45) is 3.14. The molecule has 0 saturated carbocycles. The average molecular weight is 275 g/mol. The van der Waals surface area contributed by atoms with Crippen LogP contribution in [0.3, 0.4) is 0 Å². The third kappa shape index (κ3) is 3.62. The lowest BCUT2D eigenvalue weighted by atomic mass is 10.2. The highest BCUT2D eigenvalue weighted by Gasteiger charge is 2.03. The van der Waals surface area contributed by atoms with Gasteiger partial charge in [0, 0.05) is 11.6 Å². The molecule has 0 atom stereocenters. The van der Waals surface area contributed by atoms with Gasteiger partial charge in [0.05, 0.1) is 7.11 Å². The Hall–Kier alpha value is -2.21. The molecule has 2 rings (SSSR count). The van der Waals surface area contributed by atoms with Gasteiger partial charge in [-0.3, -0.25) is 10.1 Å². The number of para-hydroxylation sites is 1. The van der Waals surface area contributed by atoms with Crippen LogP contribution in [0.25, 0.3) is 6.08 Å². The number of methoxy groups -OCH3 is 1. The Kier molecular flexibility index (Phi) is 4.25. The van der Waals surface area contributed by atoms with Gasteiger partial charge in [-0.1, -0.05) is 29.5 Å².